The minimum absolute atomic E-state index is 0.0395. The Morgan fingerprint density at radius 2 is 1.66 bits per heavy atom. The van der Waals surface area contributed by atoms with Crippen molar-refractivity contribution < 1.29 is 38.3 Å². The van der Waals surface area contributed by atoms with Gasteiger partial charge >= 0.3 is 6.09 Å². The van der Waals surface area contributed by atoms with Crippen molar-refractivity contribution >= 4 is 35.5 Å². The van der Waals surface area contributed by atoms with E-state index in [0.717, 1.165) is 0 Å². The molecule has 13 heteroatoms. The Morgan fingerprint density at radius 1 is 1.00 bits per heavy atom. The number of benzene rings is 1. The van der Waals surface area contributed by atoms with Gasteiger partial charge in [-0.25, -0.2) is 9.18 Å². The van der Waals surface area contributed by atoms with Gasteiger partial charge in [-0.2, -0.15) is 0 Å². The molecule has 0 fully saturated rings. The second-order valence-electron chi connectivity index (χ2n) is 9.41. The molecule has 0 aliphatic heterocycles. The molecule has 0 bridgehead atoms. The lowest BCUT2D eigenvalue weighted by Crippen LogP contribution is -2.56. The molecule has 0 radical (unpaired) electrons. The summed E-state index contributed by atoms with van der Waals surface area (Å²) in [5.41, 5.74) is 5.73. The minimum Gasteiger partial charge on any atom is -0.465 e. The summed E-state index contributed by atoms with van der Waals surface area (Å²) in [6, 6.07) is 1.79. The van der Waals surface area contributed by atoms with E-state index in [9.17, 15) is 33.2 Å². The summed E-state index contributed by atoms with van der Waals surface area (Å²) >= 11 is 0. The predicted octanol–water partition coefficient (Wildman–Crippen LogP) is 0.237. The van der Waals surface area contributed by atoms with E-state index in [1.54, 1.807) is 33.8 Å². The highest BCUT2D eigenvalue weighted by atomic mass is 19.1. The van der Waals surface area contributed by atoms with Crippen molar-refractivity contribution in [3.63, 3.8) is 0 Å². The fourth-order valence-corrected chi connectivity index (χ4v) is 3.56. The molecule has 1 rings (SSSR count). The molecule has 0 heterocycles. The summed E-state index contributed by atoms with van der Waals surface area (Å²) in [4.78, 5) is 73.3. The van der Waals surface area contributed by atoms with Gasteiger partial charge in [-0.1, -0.05) is 46.2 Å². The van der Waals surface area contributed by atoms with Crippen molar-refractivity contribution in [2.24, 2.45) is 17.6 Å². The van der Waals surface area contributed by atoms with Crippen LogP contribution >= 0.6 is 0 Å². The first-order valence-corrected chi connectivity index (χ1v) is 12.2. The van der Waals surface area contributed by atoms with Gasteiger partial charge in [0.1, 0.15) is 17.9 Å². The molecule has 2 unspecified atom stereocenters. The summed E-state index contributed by atoms with van der Waals surface area (Å²) in [5.74, 6) is -5.69. The zero-order valence-corrected chi connectivity index (χ0v) is 21.9. The first-order valence-electron chi connectivity index (χ1n) is 12.2. The van der Waals surface area contributed by atoms with E-state index < -0.39 is 71.9 Å². The van der Waals surface area contributed by atoms with Gasteiger partial charge in [0.05, 0.1) is 12.6 Å². The largest absolute Gasteiger partial charge is 0.465 e. The zero-order chi connectivity index (χ0) is 29.0. The second-order valence-corrected chi connectivity index (χ2v) is 9.41. The van der Waals surface area contributed by atoms with Gasteiger partial charge in [-0.05, 0) is 36.0 Å². The van der Waals surface area contributed by atoms with Crippen molar-refractivity contribution in [3.05, 3.63) is 35.6 Å². The van der Waals surface area contributed by atoms with Gasteiger partial charge in [0, 0.05) is 6.42 Å². The first kappa shape index (κ1) is 32.0. The molecule has 0 saturated carbocycles. The summed E-state index contributed by atoms with van der Waals surface area (Å²) < 4.78 is 13.4. The van der Waals surface area contributed by atoms with Crippen LogP contribution in [0.4, 0.5) is 9.18 Å². The maximum Gasteiger partial charge on any atom is 0.405 e. The minimum atomic E-state index is -1.41. The van der Waals surface area contributed by atoms with Crippen LogP contribution in [0, 0.1) is 17.7 Å². The zero-order valence-electron chi connectivity index (χ0n) is 21.9. The molecule has 38 heavy (non-hydrogen) atoms. The van der Waals surface area contributed by atoms with Crippen LogP contribution in [0.5, 0.6) is 0 Å². The highest BCUT2D eigenvalue weighted by Crippen LogP contribution is 2.12. The quantitative estimate of drug-likeness (QED) is 0.172. The van der Waals surface area contributed by atoms with E-state index in [1.807, 2.05) is 0 Å². The lowest BCUT2D eigenvalue weighted by atomic mass is 9.94. The number of halogens is 1. The van der Waals surface area contributed by atoms with Crippen molar-refractivity contribution in [1.82, 2.24) is 21.3 Å². The van der Waals surface area contributed by atoms with Gasteiger partial charge in [0.25, 0.3) is 5.91 Å². The lowest BCUT2D eigenvalue weighted by molar-refractivity contribution is -0.141. The van der Waals surface area contributed by atoms with Crippen molar-refractivity contribution in [2.45, 2.75) is 65.1 Å². The number of carbonyl (C=O) groups excluding carboxylic acids is 5. The highest BCUT2D eigenvalue weighted by Gasteiger charge is 2.33. The second kappa shape index (κ2) is 15.3. The average Bonchev–Trinajstić information content (AvgIpc) is 2.83. The Bertz CT molecular complexity index is 1030. The number of amides is 5. The molecule has 0 aliphatic carbocycles. The fourth-order valence-electron chi connectivity index (χ4n) is 3.56. The normalized spacial score (nSPS) is 13.9. The number of hydrogen-bond acceptors (Lipinski definition) is 6. The molecule has 0 spiro atoms. The smallest absolute Gasteiger partial charge is 0.405 e. The van der Waals surface area contributed by atoms with Crippen LogP contribution in [0.3, 0.4) is 0 Å². The number of ketones is 1. The third kappa shape index (κ3) is 10.9. The monoisotopic (exact) mass is 537 g/mol. The van der Waals surface area contributed by atoms with Crippen LogP contribution in [0.15, 0.2) is 24.3 Å². The molecule has 0 saturated heterocycles. The third-order valence-electron chi connectivity index (χ3n) is 5.76. The Balaban J connectivity index is 2.83. The SMILES string of the molecule is CC[C@H](C)C(NC(=O)[C@H](CC(C)C)NC(=O)O)C(=O)C(=O)NCC(=O)NC(Cc1cccc(F)c1)C(N)=O. The molecular weight excluding hydrogens is 501 g/mol. The van der Waals surface area contributed by atoms with Crippen LogP contribution in [0.25, 0.3) is 0 Å². The highest BCUT2D eigenvalue weighted by molar-refractivity contribution is 6.38. The molecule has 1 aromatic rings. The van der Waals surface area contributed by atoms with E-state index >= 15 is 0 Å². The molecule has 210 valence electrons. The van der Waals surface area contributed by atoms with Gasteiger partial charge in [-0.3, -0.25) is 24.0 Å². The number of carboxylic acid groups (broad SMARTS) is 1. The molecule has 5 amide bonds. The molecular formula is C25H36FN5O7. The fraction of sp³-hybridized carbons (Fsp3) is 0.520. The van der Waals surface area contributed by atoms with E-state index in [1.165, 1.54) is 18.2 Å². The van der Waals surface area contributed by atoms with Crippen LogP contribution in [0.1, 0.15) is 46.1 Å². The molecule has 0 aliphatic rings. The van der Waals surface area contributed by atoms with E-state index in [2.05, 4.69) is 21.3 Å². The number of rotatable bonds is 15. The van der Waals surface area contributed by atoms with Gasteiger partial charge < -0.3 is 32.1 Å². The number of carbonyl (C=O) groups is 6. The summed E-state index contributed by atoms with van der Waals surface area (Å²) in [7, 11) is 0. The number of Topliss-reactive ketones (excluding diaryl/α,β-unsaturated/α-hetero) is 1. The third-order valence-corrected chi connectivity index (χ3v) is 5.76. The van der Waals surface area contributed by atoms with Crippen LogP contribution in [0.2, 0.25) is 0 Å². The summed E-state index contributed by atoms with van der Waals surface area (Å²) in [6.07, 6.45) is -0.919. The first-order chi connectivity index (χ1) is 17.7. The molecule has 12 nitrogen and oxygen atoms in total. The number of nitrogens with one attached hydrogen (secondary N) is 4. The molecule has 0 aromatic heterocycles. The number of primary amides is 1. The molecule has 4 atom stereocenters. The van der Waals surface area contributed by atoms with Crippen molar-refractivity contribution in [1.29, 1.82) is 0 Å². The molecule has 1 aromatic carbocycles. The predicted molar refractivity (Wildman–Crippen MR) is 135 cm³/mol. The van der Waals surface area contributed by atoms with Gasteiger partial charge in [0.2, 0.25) is 23.5 Å². The lowest BCUT2D eigenvalue weighted by Gasteiger charge is -2.26. The maximum absolute atomic E-state index is 13.4. The van der Waals surface area contributed by atoms with Crippen molar-refractivity contribution in [2.75, 3.05) is 6.54 Å². The Kier molecular flexibility index (Phi) is 12.9. The number of hydrogen-bond donors (Lipinski definition) is 6. The van der Waals surface area contributed by atoms with Crippen LogP contribution in [-0.2, 0) is 30.4 Å². The Morgan fingerprint density at radius 3 is 2.18 bits per heavy atom. The Labute approximate surface area is 220 Å². The number of nitrogens with two attached hydrogens (primary N) is 1. The van der Waals surface area contributed by atoms with Crippen LogP contribution < -0.4 is 27.0 Å². The summed E-state index contributed by atoms with van der Waals surface area (Å²) in [5, 5.41) is 18.1. The van der Waals surface area contributed by atoms with E-state index in [4.69, 9.17) is 10.8 Å². The van der Waals surface area contributed by atoms with Gasteiger partial charge in [-0.15, -0.1) is 0 Å². The Hall–Kier alpha value is -4.03. The molecule has 7 N–H and O–H groups in total. The topological polar surface area (TPSA) is 197 Å². The average molecular weight is 538 g/mol. The summed E-state index contributed by atoms with van der Waals surface area (Å²) in [6.45, 7) is 6.29. The van der Waals surface area contributed by atoms with E-state index in [-0.39, 0.29) is 18.8 Å². The standard InChI is InChI=1S/C25H36FN5O7/c1-5-14(4)20(31-23(35)18(9-13(2)3)30-25(37)38)21(33)24(36)28-12-19(32)29-17(22(27)34)11-15-7-6-8-16(26)10-15/h6-8,10,13-14,17-18,20,30H,5,9,11-12H2,1-4H3,(H2,27,34)(H,28,36)(H,29,32)(H,31,35)(H,37,38)/t14-,17?,18-,20?/m0/s1. The van der Waals surface area contributed by atoms with Crippen molar-refractivity contribution in [3.8, 4) is 0 Å². The van der Waals surface area contributed by atoms with E-state index in [0.29, 0.717) is 12.0 Å². The maximum atomic E-state index is 13.4. The van der Waals surface area contributed by atoms with Crippen LogP contribution in [-0.4, -0.2) is 65.3 Å². The van der Waals surface area contributed by atoms with Gasteiger partial charge in [0.15, 0.2) is 0 Å².